The highest BCUT2D eigenvalue weighted by Gasteiger charge is 2.37. The molecule has 0 saturated heterocycles. The molecular formula is C17H20N5O3+. The van der Waals surface area contributed by atoms with E-state index in [1.807, 2.05) is 30.3 Å². The number of hydrogen-bond donors (Lipinski definition) is 2. The summed E-state index contributed by atoms with van der Waals surface area (Å²) in [5.74, 6) is 0.320. The van der Waals surface area contributed by atoms with E-state index in [4.69, 9.17) is 4.74 Å². The van der Waals surface area contributed by atoms with E-state index in [1.54, 1.807) is 13.3 Å². The van der Waals surface area contributed by atoms with Crippen LogP contribution in [0.25, 0.3) is 0 Å². The number of amides is 2. The Labute approximate surface area is 145 Å². The smallest absolute Gasteiger partial charge is 0.318 e. The van der Waals surface area contributed by atoms with Gasteiger partial charge in [-0.05, 0) is 25.5 Å². The van der Waals surface area contributed by atoms with E-state index < -0.39 is 0 Å². The van der Waals surface area contributed by atoms with Gasteiger partial charge in [-0.15, -0.1) is 5.01 Å². The number of rotatable bonds is 7. The van der Waals surface area contributed by atoms with Crippen LogP contribution >= 0.6 is 0 Å². The molecule has 1 aromatic rings. The third-order valence-corrected chi connectivity index (χ3v) is 3.78. The van der Waals surface area contributed by atoms with Crippen molar-refractivity contribution in [1.82, 2.24) is 10.2 Å². The molecule has 8 heteroatoms. The van der Waals surface area contributed by atoms with Crippen molar-refractivity contribution in [1.29, 1.82) is 0 Å². The molecule has 0 saturated carbocycles. The van der Waals surface area contributed by atoms with Crippen molar-refractivity contribution in [3.63, 3.8) is 0 Å². The summed E-state index contributed by atoms with van der Waals surface area (Å²) in [5.41, 5.74) is 1.09. The molecule has 0 spiro atoms. The molecule has 2 amide bonds. The number of para-hydroxylation sites is 1. The molecule has 25 heavy (non-hydrogen) atoms. The summed E-state index contributed by atoms with van der Waals surface area (Å²) in [7, 11) is 0. The second kappa shape index (κ2) is 7.71. The molecule has 3 rings (SSSR count). The predicted octanol–water partition coefficient (Wildman–Crippen LogP) is -0.484. The summed E-state index contributed by atoms with van der Waals surface area (Å²) in [6, 6.07) is 9.50. The average molecular weight is 342 g/mol. The first kappa shape index (κ1) is 16.8. The molecule has 130 valence electrons. The number of aliphatic imine (C=N–C) groups is 1. The number of hydrogen-bond acceptors (Lipinski definition) is 5. The minimum absolute atomic E-state index is 0.0636. The summed E-state index contributed by atoms with van der Waals surface area (Å²) in [4.78, 5) is 29.7. The van der Waals surface area contributed by atoms with E-state index in [-0.39, 0.29) is 18.4 Å². The summed E-state index contributed by atoms with van der Waals surface area (Å²) in [5, 5.41) is 7.49. The average Bonchev–Trinajstić information content (AvgIpc) is 3.00. The van der Waals surface area contributed by atoms with Crippen molar-refractivity contribution in [2.24, 2.45) is 10.1 Å². The van der Waals surface area contributed by atoms with Crippen LogP contribution in [0, 0.1) is 0 Å². The fraction of sp³-hybridized carbons (Fsp3) is 0.294. The molecule has 0 bridgehead atoms. The molecular weight excluding hydrogens is 322 g/mol. The first-order chi connectivity index (χ1) is 12.1. The molecule has 1 aromatic carbocycles. The molecule has 2 aliphatic heterocycles. The monoisotopic (exact) mass is 342 g/mol. The largest absolute Gasteiger partial charge is 0.494 e. The Balaban J connectivity index is 1.39. The van der Waals surface area contributed by atoms with E-state index in [0.29, 0.717) is 36.0 Å². The van der Waals surface area contributed by atoms with Gasteiger partial charge in [0.2, 0.25) is 12.2 Å². The van der Waals surface area contributed by atoms with E-state index in [1.165, 1.54) is 11.2 Å². The van der Waals surface area contributed by atoms with Gasteiger partial charge in [0.25, 0.3) is 5.70 Å². The lowest BCUT2D eigenvalue weighted by atomic mass is 10.3. The van der Waals surface area contributed by atoms with Crippen LogP contribution < -0.4 is 15.1 Å². The van der Waals surface area contributed by atoms with Crippen LogP contribution in [0.4, 0.5) is 0 Å². The van der Waals surface area contributed by atoms with Crippen molar-refractivity contribution in [2.75, 3.05) is 19.7 Å². The highest BCUT2D eigenvalue weighted by Crippen LogP contribution is 2.09. The Morgan fingerprint density at radius 2 is 2.12 bits per heavy atom. The molecule has 2 aliphatic rings. The molecule has 2 heterocycles. The maximum Gasteiger partial charge on any atom is 0.318 e. The number of ether oxygens (including phenoxy) is 1. The van der Waals surface area contributed by atoms with Gasteiger partial charge in [-0.1, -0.05) is 23.3 Å². The van der Waals surface area contributed by atoms with Gasteiger partial charge in [0.15, 0.2) is 6.34 Å². The van der Waals surface area contributed by atoms with Crippen LogP contribution in [0.2, 0.25) is 0 Å². The van der Waals surface area contributed by atoms with Gasteiger partial charge >= 0.3 is 5.91 Å². The fourth-order valence-electron chi connectivity index (χ4n) is 2.49. The Kier molecular flexibility index (Phi) is 5.20. The number of carbonyl (C=O) groups excluding carboxylic acids is 2. The lowest BCUT2D eigenvalue weighted by molar-refractivity contribution is -0.756. The summed E-state index contributed by atoms with van der Waals surface area (Å²) >= 11 is 0. The van der Waals surface area contributed by atoms with Crippen LogP contribution in [-0.4, -0.2) is 49.1 Å². The number of nitrogens with zero attached hydrogens (tertiary/aromatic N) is 3. The van der Waals surface area contributed by atoms with Crippen molar-refractivity contribution in [2.45, 2.75) is 13.3 Å². The highest BCUT2D eigenvalue weighted by molar-refractivity contribution is 6.03. The second-order valence-electron chi connectivity index (χ2n) is 5.65. The van der Waals surface area contributed by atoms with Crippen LogP contribution in [-0.2, 0) is 9.59 Å². The zero-order valence-electron chi connectivity index (χ0n) is 13.9. The van der Waals surface area contributed by atoms with Gasteiger partial charge < -0.3 is 10.1 Å². The zero-order chi connectivity index (χ0) is 17.6. The first-order valence-corrected chi connectivity index (χ1v) is 8.07. The maximum atomic E-state index is 12.4. The van der Waals surface area contributed by atoms with Crippen molar-refractivity contribution in [3.05, 3.63) is 41.7 Å². The van der Waals surface area contributed by atoms with Crippen LogP contribution in [0.15, 0.2) is 51.8 Å². The lowest BCUT2D eigenvalue weighted by Crippen LogP contribution is -3.06. The Morgan fingerprint density at radius 1 is 1.32 bits per heavy atom. The van der Waals surface area contributed by atoms with Gasteiger partial charge in [-0.2, -0.15) is 4.99 Å². The Bertz CT molecular complexity index is 742. The molecule has 1 unspecified atom stereocenters. The van der Waals surface area contributed by atoms with Gasteiger partial charge in [0.05, 0.1) is 6.61 Å². The number of benzene rings is 1. The van der Waals surface area contributed by atoms with Crippen LogP contribution in [0.5, 0.6) is 5.75 Å². The normalized spacial score (nSPS) is 18.5. The summed E-state index contributed by atoms with van der Waals surface area (Å²) in [6.45, 7) is 2.68. The molecule has 0 aromatic heterocycles. The number of carbonyl (C=O) groups is 2. The lowest BCUT2D eigenvalue weighted by Gasteiger charge is -2.21. The minimum atomic E-state index is -0.248. The van der Waals surface area contributed by atoms with E-state index in [9.17, 15) is 9.59 Å². The third-order valence-electron chi connectivity index (χ3n) is 3.78. The molecule has 8 nitrogen and oxygen atoms in total. The third kappa shape index (κ3) is 4.10. The highest BCUT2D eigenvalue weighted by atomic mass is 16.5. The van der Waals surface area contributed by atoms with Crippen molar-refractivity contribution in [3.8, 4) is 5.75 Å². The number of fused-ring (bicyclic) bond motifs is 1. The fourth-order valence-corrected chi connectivity index (χ4v) is 2.49. The molecule has 0 radical (unpaired) electrons. The molecule has 2 N–H and O–H groups in total. The number of quaternary nitrogens is 1. The Hall–Kier alpha value is -3.00. The summed E-state index contributed by atoms with van der Waals surface area (Å²) in [6.07, 6.45) is 3.62. The quantitative estimate of drug-likeness (QED) is 0.656. The SMILES string of the molecule is CC1=C2C(=O)N(CC(=O)NCCCOc3ccccc3)C=N[NH+]2C=N1. The van der Waals surface area contributed by atoms with E-state index in [2.05, 4.69) is 15.4 Å². The van der Waals surface area contributed by atoms with Gasteiger partial charge in [-0.3, -0.25) is 14.5 Å². The van der Waals surface area contributed by atoms with Crippen LogP contribution in [0.3, 0.4) is 0 Å². The topological polar surface area (TPSA) is 87.8 Å². The van der Waals surface area contributed by atoms with E-state index in [0.717, 1.165) is 5.75 Å². The van der Waals surface area contributed by atoms with Gasteiger partial charge in [0.1, 0.15) is 18.0 Å². The maximum absolute atomic E-state index is 12.4. The molecule has 1 atom stereocenters. The zero-order valence-corrected chi connectivity index (χ0v) is 13.9. The molecule has 0 fully saturated rings. The minimum Gasteiger partial charge on any atom is -0.494 e. The van der Waals surface area contributed by atoms with Crippen molar-refractivity contribution >= 4 is 24.5 Å². The number of allylic oxidation sites excluding steroid dienone is 1. The van der Waals surface area contributed by atoms with E-state index >= 15 is 0 Å². The number of nitrogens with one attached hydrogen (secondary N) is 2. The predicted molar refractivity (Wildman–Crippen MR) is 91.9 cm³/mol. The van der Waals surface area contributed by atoms with Gasteiger partial charge in [-0.25, -0.2) is 0 Å². The second-order valence-corrected chi connectivity index (χ2v) is 5.65. The van der Waals surface area contributed by atoms with Crippen molar-refractivity contribution < 1.29 is 19.3 Å². The Morgan fingerprint density at radius 3 is 2.92 bits per heavy atom. The van der Waals surface area contributed by atoms with Crippen LogP contribution in [0.1, 0.15) is 13.3 Å². The molecule has 0 aliphatic carbocycles. The standard InChI is InChI=1S/C17H19N5O3/c1-13-16-17(24)21(12-20-22(16)11-19-13)10-15(23)18-8-5-9-25-14-6-3-2-4-7-14/h2-4,6-7,11-12H,5,8-10H2,1H3,(H,18,23)/p+1. The first-order valence-electron chi connectivity index (χ1n) is 8.07. The van der Waals surface area contributed by atoms with Gasteiger partial charge in [0, 0.05) is 6.54 Å². The summed E-state index contributed by atoms with van der Waals surface area (Å²) < 4.78 is 5.55.